The summed E-state index contributed by atoms with van der Waals surface area (Å²) in [6.07, 6.45) is 1.57. The standard InChI is InChI=1S/C10H9NO3/c12-7-11-10-5-6-13-8-3-1-2-4-9(8)14-10/h1-4,10H,5-6H2. The van der Waals surface area contributed by atoms with Crippen LogP contribution < -0.4 is 9.47 Å². The first-order valence-electron chi connectivity index (χ1n) is 4.35. The van der Waals surface area contributed by atoms with Gasteiger partial charge in [0.25, 0.3) is 0 Å². The monoisotopic (exact) mass is 191 g/mol. The van der Waals surface area contributed by atoms with E-state index in [1.54, 1.807) is 6.07 Å². The second kappa shape index (κ2) is 3.94. The van der Waals surface area contributed by atoms with Gasteiger partial charge in [-0.2, -0.15) is 4.99 Å². The van der Waals surface area contributed by atoms with Crippen molar-refractivity contribution < 1.29 is 14.3 Å². The minimum atomic E-state index is -0.476. The fourth-order valence-electron chi connectivity index (χ4n) is 1.29. The van der Waals surface area contributed by atoms with Gasteiger partial charge in [0.05, 0.1) is 6.61 Å². The Morgan fingerprint density at radius 3 is 2.93 bits per heavy atom. The van der Waals surface area contributed by atoms with E-state index in [2.05, 4.69) is 4.99 Å². The van der Waals surface area contributed by atoms with Crippen molar-refractivity contribution in [3.63, 3.8) is 0 Å². The molecule has 1 atom stereocenters. The zero-order valence-electron chi connectivity index (χ0n) is 7.47. The van der Waals surface area contributed by atoms with Crippen LogP contribution in [0.3, 0.4) is 0 Å². The van der Waals surface area contributed by atoms with Crippen molar-refractivity contribution >= 4 is 6.08 Å². The molecule has 2 rings (SSSR count). The van der Waals surface area contributed by atoms with Crippen LogP contribution in [-0.2, 0) is 4.79 Å². The molecular weight excluding hydrogens is 182 g/mol. The Labute approximate surface area is 81.2 Å². The molecule has 14 heavy (non-hydrogen) atoms. The summed E-state index contributed by atoms with van der Waals surface area (Å²) in [5.74, 6) is 1.31. The van der Waals surface area contributed by atoms with E-state index < -0.39 is 6.23 Å². The van der Waals surface area contributed by atoms with E-state index in [9.17, 15) is 4.79 Å². The van der Waals surface area contributed by atoms with Crippen molar-refractivity contribution in [2.75, 3.05) is 6.61 Å². The van der Waals surface area contributed by atoms with Crippen LogP contribution >= 0.6 is 0 Å². The first-order valence-corrected chi connectivity index (χ1v) is 4.35. The van der Waals surface area contributed by atoms with Crippen LogP contribution in [-0.4, -0.2) is 18.9 Å². The third kappa shape index (κ3) is 1.75. The van der Waals surface area contributed by atoms with Gasteiger partial charge < -0.3 is 9.47 Å². The lowest BCUT2D eigenvalue weighted by Crippen LogP contribution is -2.13. The maximum absolute atomic E-state index is 10.1. The molecule has 0 radical (unpaired) electrons. The van der Waals surface area contributed by atoms with Gasteiger partial charge in [-0.1, -0.05) is 12.1 Å². The third-order valence-electron chi connectivity index (χ3n) is 1.93. The van der Waals surface area contributed by atoms with Gasteiger partial charge in [-0.05, 0) is 12.1 Å². The molecule has 0 aromatic heterocycles. The van der Waals surface area contributed by atoms with Gasteiger partial charge in [-0.15, -0.1) is 0 Å². The van der Waals surface area contributed by atoms with Crippen LogP contribution in [0.2, 0.25) is 0 Å². The second-order valence-electron chi connectivity index (χ2n) is 2.88. The number of fused-ring (bicyclic) bond motifs is 1. The maximum atomic E-state index is 10.1. The van der Waals surface area contributed by atoms with Gasteiger partial charge in [0.2, 0.25) is 12.3 Å². The van der Waals surface area contributed by atoms with Crippen LogP contribution in [0.4, 0.5) is 0 Å². The molecule has 0 spiro atoms. The van der Waals surface area contributed by atoms with Crippen molar-refractivity contribution in [3.8, 4) is 11.5 Å². The molecular formula is C10H9NO3. The number of carbonyl (C=O) groups excluding carboxylic acids is 1. The molecule has 1 unspecified atom stereocenters. The van der Waals surface area contributed by atoms with E-state index in [0.717, 1.165) is 0 Å². The minimum Gasteiger partial charge on any atom is -0.489 e. The lowest BCUT2D eigenvalue weighted by Gasteiger charge is -2.08. The summed E-state index contributed by atoms with van der Waals surface area (Å²) >= 11 is 0. The Hall–Kier alpha value is -1.80. The highest BCUT2D eigenvalue weighted by molar-refractivity contribution is 5.40. The van der Waals surface area contributed by atoms with Crippen molar-refractivity contribution in [1.82, 2.24) is 0 Å². The van der Waals surface area contributed by atoms with Crippen LogP contribution in [0.5, 0.6) is 11.5 Å². The van der Waals surface area contributed by atoms with Crippen molar-refractivity contribution in [1.29, 1.82) is 0 Å². The Bertz CT molecular complexity index is 371. The number of ether oxygens (including phenoxy) is 2. The first kappa shape index (κ1) is 8.78. The van der Waals surface area contributed by atoms with Gasteiger partial charge in [0.15, 0.2) is 11.5 Å². The fraction of sp³-hybridized carbons (Fsp3) is 0.300. The topological polar surface area (TPSA) is 47.9 Å². The number of hydrogen-bond donors (Lipinski definition) is 0. The molecule has 4 heteroatoms. The summed E-state index contributed by atoms with van der Waals surface area (Å²) in [5, 5.41) is 0. The summed E-state index contributed by atoms with van der Waals surface area (Å²) in [7, 11) is 0. The lowest BCUT2D eigenvalue weighted by molar-refractivity contribution is 0.200. The van der Waals surface area contributed by atoms with Crippen molar-refractivity contribution in [3.05, 3.63) is 24.3 Å². The molecule has 0 aliphatic carbocycles. The molecule has 1 aliphatic heterocycles. The maximum Gasteiger partial charge on any atom is 0.238 e. The Morgan fingerprint density at radius 2 is 2.14 bits per heavy atom. The smallest absolute Gasteiger partial charge is 0.238 e. The van der Waals surface area contributed by atoms with E-state index in [0.29, 0.717) is 24.5 Å². The first-order chi connectivity index (χ1) is 6.90. The van der Waals surface area contributed by atoms with Gasteiger partial charge in [-0.25, -0.2) is 4.79 Å². The predicted molar refractivity (Wildman–Crippen MR) is 49.1 cm³/mol. The summed E-state index contributed by atoms with van der Waals surface area (Å²) in [6, 6.07) is 7.32. The van der Waals surface area contributed by atoms with Gasteiger partial charge in [0.1, 0.15) is 0 Å². The summed E-state index contributed by atoms with van der Waals surface area (Å²) in [6.45, 7) is 0.493. The molecule has 0 bridgehead atoms. The summed E-state index contributed by atoms with van der Waals surface area (Å²) in [4.78, 5) is 13.6. The molecule has 1 heterocycles. The number of hydrogen-bond acceptors (Lipinski definition) is 4. The average molecular weight is 191 g/mol. The largest absolute Gasteiger partial charge is 0.489 e. The summed E-state index contributed by atoms with van der Waals surface area (Å²) in [5.41, 5.74) is 0. The van der Waals surface area contributed by atoms with E-state index in [1.165, 1.54) is 6.08 Å². The number of aliphatic imine (C=N–C) groups is 1. The molecule has 0 amide bonds. The molecule has 1 aliphatic rings. The molecule has 72 valence electrons. The van der Waals surface area contributed by atoms with Gasteiger partial charge >= 0.3 is 0 Å². The third-order valence-corrected chi connectivity index (χ3v) is 1.93. The number of rotatable bonds is 1. The van der Waals surface area contributed by atoms with E-state index in [4.69, 9.17) is 9.47 Å². The second-order valence-corrected chi connectivity index (χ2v) is 2.88. The number of para-hydroxylation sites is 2. The highest BCUT2D eigenvalue weighted by atomic mass is 16.5. The fourth-order valence-corrected chi connectivity index (χ4v) is 1.29. The van der Waals surface area contributed by atoms with Crippen LogP contribution in [0.1, 0.15) is 6.42 Å². The lowest BCUT2D eigenvalue weighted by atomic mass is 10.3. The summed E-state index contributed by atoms with van der Waals surface area (Å²) < 4.78 is 10.9. The highest BCUT2D eigenvalue weighted by Gasteiger charge is 2.16. The molecule has 0 N–H and O–H groups in total. The molecule has 1 aromatic rings. The van der Waals surface area contributed by atoms with Gasteiger partial charge in [-0.3, -0.25) is 0 Å². The van der Waals surface area contributed by atoms with Crippen molar-refractivity contribution in [2.24, 2.45) is 4.99 Å². The Kier molecular flexibility index (Phi) is 2.47. The molecule has 0 saturated heterocycles. The van der Waals surface area contributed by atoms with Crippen LogP contribution in [0, 0.1) is 0 Å². The SMILES string of the molecule is O=C=NC1CCOc2ccccc2O1. The van der Waals surface area contributed by atoms with E-state index >= 15 is 0 Å². The zero-order chi connectivity index (χ0) is 9.80. The molecule has 4 nitrogen and oxygen atoms in total. The molecule has 0 fully saturated rings. The Balaban J connectivity index is 2.26. The number of benzene rings is 1. The van der Waals surface area contributed by atoms with E-state index in [-0.39, 0.29) is 0 Å². The molecule has 0 saturated carbocycles. The van der Waals surface area contributed by atoms with Gasteiger partial charge in [0, 0.05) is 6.42 Å². The zero-order valence-corrected chi connectivity index (χ0v) is 7.47. The Morgan fingerprint density at radius 1 is 1.36 bits per heavy atom. The predicted octanol–water partition coefficient (Wildman–Crippen LogP) is 1.51. The normalized spacial score (nSPS) is 19.3. The number of nitrogens with zero attached hydrogens (tertiary/aromatic N) is 1. The van der Waals surface area contributed by atoms with E-state index in [1.807, 2.05) is 18.2 Å². The number of isocyanates is 1. The minimum absolute atomic E-state index is 0.476. The average Bonchev–Trinajstić information content (AvgIpc) is 2.40. The highest BCUT2D eigenvalue weighted by Crippen LogP contribution is 2.30. The van der Waals surface area contributed by atoms with Crippen LogP contribution in [0.15, 0.2) is 29.3 Å². The van der Waals surface area contributed by atoms with Crippen LogP contribution in [0.25, 0.3) is 0 Å². The quantitative estimate of drug-likeness (QED) is 0.499. The molecule has 1 aromatic carbocycles. The van der Waals surface area contributed by atoms with Crippen molar-refractivity contribution in [2.45, 2.75) is 12.6 Å².